The Morgan fingerprint density at radius 1 is 0.292 bits per heavy atom. The molecule has 1 atom stereocenters. The van der Waals surface area contributed by atoms with E-state index in [1.54, 1.807) is 0 Å². The van der Waals surface area contributed by atoms with Gasteiger partial charge in [0.15, 0.2) is 6.10 Å². The van der Waals surface area contributed by atoms with Crippen LogP contribution in [0.2, 0.25) is 0 Å². The van der Waals surface area contributed by atoms with Crippen molar-refractivity contribution in [2.75, 3.05) is 13.2 Å². The highest BCUT2D eigenvalue weighted by molar-refractivity contribution is 5.71. The third-order valence-electron chi connectivity index (χ3n) is 12.2. The van der Waals surface area contributed by atoms with Crippen LogP contribution in [-0.4, -0.2) is 37.2 Å². The maximum Gasteiger partial charge on any atom is 0.306 e. The number of hydrogen-bond acceptors (Lipinski definition) is 6. The van der Waals surface area contributed by atoms with Crippen molar-refractivity contribution in [3.8, 4) is 0 Å². The van der Waals surface area contributed by atoms with Gasteiger partial charge in [0.25, 0.3) is 0 Å². The van der Waals surface area contributed by atoms with E-state index in [2.05, 4.69) is 142 Å². The van der Waals surface area contributed by atoms with Gasteiger partial charge in [-0.05, 0) is 109 Å². The van der Waals surface area contributed by atoms with E-state index in [1.165, 1.54) is 83.5 Å². The second kappa shape index (κ2) is 59.4. The first-order chi connectivity index (χ1) is 35.5. The summed E-state index contributed by atoms with van der Waals surface area (Å²) in [6.07, 6.45) is 81.9. The third-order valence-corrected chi connectivity index (χ3v) is 12.2. The highest BCUT2D eigenvalue weighted by Crippen LogP contribution is 2.15. The Labute approximate surface area is 443 Å². The molecule has 0 saturated carbocycles. The molecule has 6 nitrogen and oxygen atoms in total. The normalized spacial score (nSPS) is 13.0. The zero-order chi connectivity index (χ0) is 52.2. The average molecular weight is 998 g/mol. The summed E-state index contributed by atoms with van der Waals surface area (Å²) in [4.78, 5) is 38.2. The van der Waals surface area contributed by atoms with Gasteiger partial charge in [0, 0.05) is 19.3 Å². The number of allylic oxidation sites excluding steroid dienone is 20. The standard InChI is InChI=1S/C66H108O6/c1-4-7-10-13-16-19-22-25-28-31-33-35-38-41-44-47-50-53-56-59-65(68)71-62-63(61-70-64(67)58-55-52-49-46-43-40-37-30-27-24-21-18-15-12-9-6-3)72-66(69)60-57-54-51-48-45-42-39-36-34-32-29-26-23-20-17-14-11-8-5-2/h7-8,10-11,16-17,19-20,25-26,28-29,33-36,41-42,44-45,63H,4-6,9,12-15,18,21-24,27,30-32,37-40,43,46-62H2,1-3H3/b10-7-,11-8-,19-16-,20-17-,28-25-,29-26-,35-33-,36-34-,44-41-,45-42-. The number of rotatable bonds is 52. The summed E-state index contributed by atoms with van der Waals surface area (Å²) in [5.41, 5.74) is 0. The van der Waals surface area contributed by atoms with Crippen molar-refractivity contribution in [2.45, 2.75) is 264 Å². The molecule has 0 aliphatic carbocycles. The zero-order valence-corrected chi connectivity index (χ0v) is 46.7. The van der Waals surface area contributed by atoms with Crippen molar-refractivity contribution in [3.63, 3.8) is 0 Å². The molecule has 0 heterocycles. The van der Waals surface area contributed by atoms with Crippen LogP contribution >= 0.6 is 0 Å². The van der Waals surface area contributed by atoms with Crippen molar-refractivity contribution < 1.29 is 28.6 Å². The molecule has 0 N–H and O–H groups in total. The quantitative estimate of drug-likeness (QED) is 0.0261. The molecule has 6 heteroatoms. The highest BCUT2D eigenvalue weighted by atomic mass is 16.6. The summed E-state index contributed by atoms with van der Waals surface area (Å²) in [6.45, 7) is 6.37. The Morgan fingerprint density at radius 2 is 0.542 bits per heavy atom. The molecule has 0 aliphatic heterocycles. The minimum Gasteiger partial charge on any atom is -0.462 e. The summed E-state index contributed by atoms with van der Waals surface area (Å²) in [7, 11) is 0. The molecule has 72 heavy (non-hydrogen) atoms. The van der Waals surface area contributed by atoms with Gasteiger partial charge in [-0.2, -0.15) is 0 Å². The van der Waals surface area contributed by atoms with Crippen LogP contribution in [0, 0.1) is 0 Å². The Bertz CT molecular complexity index is 1520. The number of unbranched alkanes of at least 4 members (excludes halogenated alkanes) is 21. The first-order valence-corrected chi connectivity index (χ1v) is 29.5. The Morgan fingerprint density at radius 3 is 0.847 bits per heavy atom. The van der Waals surface area contributed by atoms with Gasteiger partial charge < -0.3 is 14.2 Å². The Balaban J connectivity index is 4.52. The molecule has 0 aromatic heterocycles. The van der Waals surface area contributed by atoms with Gasteiger partial charge in [0.2, 0.25) is 0 Å². The predicted molar refractivity (Wildman–Crippen MR) is 311 cm³/mol. The van der Waals surface area contributed by atoms with Gasteiger partial charge >= 0.3 is 17.9 Å². The van der Waals surface area contributed by atoms with Crippen LogP contribution in [-0.2, 0) is 28.6 Å². The van der Waals surface area contributed by atoms with E-state index in [4.69, 9.17) is 14.2 Å². The van der Waals surface area contributed by atoms with Crippen LogP contribution in [0.1, 0.15) is 258 Å². The van der Waals surface area contributed by atoms with Gasteiger partial charge in [0.05, 0.1) is 0 Å². The summed E-state index contributed by atoms with van der Waals surface area (Å²) >= 11 is 0. The van der Waals surface area contributed by atoms with E-state index >= 15 is 0 Å². The lowest BCUT2D eigenvalue weighted by Crippen LogP contribution is -2.30. The molecule has 0 aliphatic rings. The van der Waals surface area contributed by atoms with Gasteiger partial charge in [-0.15, -0.1) is 0 Å². The van der Waals surface area contributed by atoms with Crippen molar-refractivity contribution in [1.82, 2.24) is 0 Å². The summed E-state index contributed by atoms with van der Waals surface area (Å²) in [5, 5.41) is 0. The highest BCUT2D eigenvalue weighted by Gasteiger charge is 2.19. The minimum absolute atomic E-state index is 0.103. The van der Waals surface area contributed by atoms with Gasteiger partial charge in [0.1, 0.15) is 13.2 Å². The average Bonchev–Trinajstić information content (AvgIpc) is 3.38. The molecule has 0 radical (unpaired) electrons. The van der Waals surface area contributed by atoms with Crippen LogP contribution in [0.25, 0.3) is 0 Å². The SMILES string of the molecule is CC/C=C\C/C=C\C/C=C\C/C=C\C/C=C\CCCCCC(=O)OCC(COC(=O)CCCCCCCCCCCCCCCCCC)OC(=O)CCCCC/C=C\C/C=C\C/C=C\C/C=C\C/C=C\CC. The maximum atomic E-state index is 12.9. The molecule has 1 unspecified atom stereocenters. The maximum absolute atomic E-state index is 12.9. The molecule has 0 bridgehead atoms. The number of carbonyl (C=O) groups is 3. The van der Waals surface area contributed by atoms with Crippen LogP contribution in [0.3, 0.4) is 0 Å². The van der Waals surface area contributed by atoms with E-state index in [0.717, 1.165) is 128 Å². The molecule has 0 aromatic carbocycles. The number of esters is 3. The van der Waals surface area contributed by atoms with E-state index in [-0.39, 0.29) is 37.5 Å². The number of ether oxygens (including phenoxy) is 3. The van der Waals surface area contributed by atoms with Gasteiger partial charge in [-0.25, -0.2) is 0 Å². The lowest BCUT2D eigenvalue weighted by Gasteiger charge is -2.18. The van der Waals surface area contributed by atoms with Crippen LogP contribution in [0.4, 0.5) is 0 Å². The molecular weight excluding hydrogens is 889 g/mol. The van der Waals surface area contributed by atoms with Gasteiger partial charge in [-0.3, -0.25) is 14.4 Å². The summed E-state index contributed by atoms with van der Waals surface area (Å²) in [6, 6.07) is 0. The summed E-state index contributed by atoms with van der Waals surface area (Å²) in [5.74, 6) is -0.967. The van der Waals surface area contributed by atoms with Crippen molar-refractivity contribution >= 4 is 17.9 Å². The molecule has 0 spiro atoms. The molecule has 408 valence electrons. The topological polar surface area (TPSA) is 78.9 Å². The zero-order valence-electron chi connectivity index (χ0n) is 46.7. The lowest BCUT2D eigenvalue weighted by molar-refractivity contribution is -0.167. The molecule has 0 fully saturated rings. The fourth-order valence-electron chi connectivity index (χ4n) is 7.85. The first kappa shape index (κ1) is 67.8. The molecule has 0 aromatic rings. The van der Waals surface area contributed by atoms with E-state index < -0.39 is 6.10 Å². The van der Waals surface area contributed by atoms with Crippen LogP contribution in [0.5, 0.6) is 0 Å². The summed E-state index contributed by atoms with van der Waals surface area (Å²) < 4.78 is 16.8. The van der Waals surface area contributed by atoms with Crippen LogP contribution in [0.15, 0.2) is 122 Å². The molecule has 0 amide bonds. The van der Waals surface area contributed by atoms with Crippen molar-refractivity contribution in [1.29, 1.82) is 0 Å². The number of hydrogen-bond donors (Lipinski definition) is 0. The lowest BCUT2D eigenvalue weighted by atomic mass is 10.0. The largest absolute Gasteiger partial charge is 0.462 e. The van der Waals surface area contributed by atoms with Gasteiger partial charge in [-0.1, -0.05) is 251 Å². The predicted octanol–water partition coefficient (Wildman–Crippen LogP) is 20.0. The van der Waals surface area contributed by atoms with Crippen molar-refractivity contribution in [3.05, 3.63) is 122 Å². The van der Waals surface area contributed by atoms with E-state index in [0.29, 0.717) is 19.3 Å². The monoisotopic (exact) mass is 997 g/mol. The number of carbonyl (C=O) groups excluding carboxylic acids is 3. The Hall–Kier alpha value is -4.19. The molecule has 0 saturated heterocycles. The minimum atomic E-state index is -0.812. The smallest absolute Gasteiger partial charge is 0.306 e. The second-order valence-corrected chi connectivity index (χ2v) is 19.1. The van der Waals surface area contributed by atoms with Crippen molar-refractivity contribution in [2.24, 2.45) is 0 Å². The van der Waals surface area contributed by atoms with E-state index in [9.17, 15) is 14.4 Å². The second-order valence-electron chi connectivity index (χ2n) is 19.1. The molecular formula is C66H108O6. The van der Waals surface area contributed by atoms with Crippen LogP contribution < -0.4 is 0 Å². The first-order valence-electron chi connectivity index (χ1n) is 29.5. The fraction of sp³-hybridized carbons (Fsp3) is 0.652. The third kappa shape index (κ3) is 56.7. The molecule has 0 rings (SSSR count). The Kier molecular flexibility index (Phi) is 55.9. The fourth-order valence-corrected chi connectivity index (χ4v) is 7.85. The van der Waals surface area contributed by atoms with E-state index in [1.807, 2.05) is 0 Å².